The van der Waals surface area contributed by atoms with Crippen molar-refractivity contribution < 1.29 is 51.6 Å². The second kappa shape index (κ2) is 22.4. The van der Waals surface area contributed by atoms with E-state index in [9.17, 15) is 0 Å². The molecule has 1 aliphatic rings. The summed E-state index contributed by atoms with van der Waals surface area (Å²) in [6, 6.07) is 0. The van der Waals surface area contributed by atoms with Gasteiger partial charge < -0.3 is 29.9 Å². The average Bonchev–Trinajstić information content (AvgIpc) is 2.17. The van der Waals surface area contributed by atoms with E-state index in [0.29, 0.717) is 0 Å². The Balaban J connectivity index is -0.0000000379. The van der Waals surface area contributed by atoms with Crippen molar-refractivity contribution >= 4 is 0 Å². The third-order valence-corrected chi connectivity index (χ3v) is 0.586. The van der Waals surface area contributed by atoms with Crippen LogP contribution in [0.15, 0.2) is 18.2 Å². The summed E-state index contributed by atoms with van der Waals surface area (Å²) in [6.45, 7) is 1.57. The first-order valence-electron chi connectivity index (χ1n) is 2.71. The quantitative estimate of drug-likeness (QED) is 0.300. The summed E-state index contributed by atoms with van der Waals surface area (Å²) in [7, 11) is 0. The molecule has 0 saturated carbocycles. The molecule has 0 heterocycles. The zero-order valence-electron chi connectivity index (χ0n) is 6.31. The second-order valence-corrected chi connectivity index (χ2v) is 1.29. The van der Waals surface area contributed by atoms with Gasteiger partial charge in [-0.3, -0.25) is 6.08 Å². The van der Waals surface area contributed by atoms with Gasteiger partial charge in [-0.1, -0.05) is 6.92 Å². The Hall–Kier alpha value is 0.734. The first-order chi connectivity index (χ1) is 3.91. The van der Waals surface area contributed by atoms with E-state index in [1.807, 2.05) is 12.2 Å². The summed E-state index contributed by atoms with van der Waals surface area (Å²) in [6.07, 6.45) is 10.0. The maximum absolute atomic E-state index is 8.93. The summed E-state index contributed by atoms with van der Waals surface area (Å²) in [5.74, 6) is 0. The van der Waals surface area contributed by atoms with E-state index in [1.54, 1.807) is 6.92 Å². The van der Waals surface area contributed by atoms with E-state index >= 15 is 0 Å². The smallest absolute Gasteiger partial charge is 1.00 e. The van der Waals surface area contributed by atoms with E-state index in [2.05, 4.69) is 12.2 Å². The van der Waals surface area contributed by atoms with Gasteiger partial charge in [-0.15, -0.1) is 13.0 Å². The van der Waals surface area contributed by atoms with Crippen LogP contribution in [0.5, 0.6) is 0 Å². The van der Waals surface area contributed by atoms with Crippen LogP contribution in [0.1, 0.15) is 13.3 Å². The van der Waals surface area contributed by atoms with E-state index in [0.717, 1.165) is 6.42 Å². The molecule has 0 aromatic rings. The monoisotopic (exact) mass is 228 g/mol. The van der Waals surface area contributed by atoms with Gasteiger partial charge in [0.05, 0.1) is 0 Å². The molecule has 4 heteroatoms. The zero-order valence-corrected chi connectivity index (χ0v) is 9.38. The Morgan fingerprint density at radius 2 is 1.91 bits per heavy atom. The largest absolute Gasteiger partial charge is 4.00 e. The van der Waals surface area contributed by atoms with Crippen molar-refractivity contribution in [1.29, 1.82) is 0 Å². The predicted octanol–water partition coefficient (Wildman–Crippen LogP) is -5.32. The van der Waals surface area contributed by atoms with Crippen molar-refractivity contribution in [3.63, 3.8) is 0 Å². The standard InChI is InChI=1S/C5H5.C2H5O.2ClH.Ti/c1-2-4-5-3-1;1-2-3;;;/h1-3H,4H2;2H2,1H3;2*1H;/q2*-1;;;+4/p-2. The molecule has 0 bridgehead atoms. The Kier molecular flexibility index (Phi) is 46.1. The van der Waals surface area contributed by atoms with Crippen LogP contribution in [-0.2, 0) is 21.7 Å². The van der Waals surface area contributed by atoms with Crippen LogP contribution in [0.3, 0.4) is 0 Å². The van der Waals surface area contributed by atoms with Gasteiger partial charge in [0, 0.05) is 0 Å². The van der Waals surface area contributed by atoms with Crippen LogP contribution in [0.25, 0.3) is 0 Å². The van der Waals surface area contributed by atoms with E-state index in [-0.39, 0.29) is 53.1 Å². The molecule has 0 atom stereocenters. The second-order valence-electron chi connectivity index (χ2n) is 1.29. The Morgan fingerprint density at radius 1 is 1.45 bits per heavy atom. The molecule has 0 N–H and O–H groups in total. The van der Waals surface area contributed by atoms with Crippen molar-refractivity contribution in [2.75, 3.05) is 6.61 Å². The molecule has 0 spiro atoms. The summed E-state index contributed by atoms with van der Waals surface area (Å²) < 4.78 is 0. The number of hydrogen-bond acceptors (Lipinski definition) is 1. The van der Waals surface area contributed by atoms with Gasteiger partial charge in [-0.25, -0.2) is 12.2 Å². The van der Waals surface area contributed by atoms with Crippen molar-refractivity contribution in [2.24, 2.45) is 0 Å². The molecule has 0 aromatic carbocycles. The van der Waals surface area contributed by atoms with Gasteiger partial charge in [0.2, 0.25) is 0 Å². The van der Waals surface area contributed by atoms with Crippen molar-refractivity contribution in [3.8, 4) is 0 Å². The number of rotatable bonds is 0. The molecule has 0 aliphatic heterocycles. The minimum Gasteiger partial charge on any atom is -1.00 e. The maximum Gasteiger partial charge on any atom is 4.00 e. The van der Waals surface area contributed by atoms with Gasteiger partial charge in [-0.2, -0.15) is 6.08 Å². The van der Waals surface area contributed by atoms with Gasteiger partial charge in [0.1, 0.15) is 0 Å². The fraction of sp³-hybridized carbons (Fsp3) is 0.429. The number of hydrogen-bond donors (Lipinski definition) is 0. The number of halogens is 2. The summed E-state index contributed by atoms with van der Waals surface area (Å²) >= 11 is 0. The molecular formula is C7H10Cl2OTi. The van der Waals surface area contributed by atoms with Gasteiger partial charge in [-0.05, 0) is 0 Å². The molecular weight excluding hydrogens is 219 g/mol. The summed E-state index contributed by atoms with van der Waals surface area (Å²) in [4.78, 5) is 0. The third-order valence-electron chi connectivity index (χ3n) is 0.586. The molecule has 0 unspecified atom stereocenters. The first kappa shape index (κ1) is 22.6. The van der Waals surface area contributed by atoms with Crippen LogP contribution in [0.2, 0.25) is 0 Å². The molecule has 0 fully saturated rings. The van der Waals surface area contributed by atoms with Crippen LogP contribution in [0.4, 0.5) is 0 Å². The SMILES string of the molecule is CC[O-].[C-]1=CC=CC1.[Cl-].[Cl-].[Ti+4]. The summed E-state index contributed by atoms with van der Waals surface area (Å²) in [5, 5.41) is 8.93. The van der Waals surface area contributed by atoms with Crippen LogP contribution < -0.4 is 29.9 Å². The minimum atomic E-state index is 0. The molecule has 11 heavy (non-hydrogen) atoms. The zero-order chi connectivity index (χ0) is 6.24. The Morgan fingerprint density at radius 3 is 2.00 bits per heavy atom. The topological polar surface area (TPSA) is 23.1 Å². The summed E-state index contributed by atoms with van der Waals surface area (Å²) in [5.41, 5.74) is 0. The third kappa shape index (κ3) is 24.9. The molecule has 0 amide bonds. The minimum absolute atomic E-state index is 0. The average molecular weight is 229 g/mol. The Labute approximate surface area is 95.7 Å². The molecule has 0 aromatic heterocycles. The molecule has 0 saturated heterocycles. The van der Waals surface area contributed by atoms with Gasteiger partial charge in [0.15, 0.2) is 0 Å². The van der Waals surface area contributed by atoms with Crippen molar-refractivity contribution in [1.82, 2.24) is 0 Å². The van der Waals surface area contributed by atoms with E-state index in [1.165, 1.54) is 0 Å². The van der Waals surface area contributed by atoms with Gasteiger partial charge >= 0.3 is 21.7 Å². The molecule has 62 valence electrons. The van der Waals surface area contributed by atoms with Crippen molar-refractivity contribution in [3.05, 3.63) is 24.3 Å². The molecule has 1 nitrogen and oxygen atoms in total. The molecule has 0 radical (unpaired) electrons. The van der Waals surface area contributed by atoms with Crippen LogP contribution >= 0.6 is 0 Å². The molecule has 1 rings (SSSR count). The van der Waals surface area contributed by atoms with Gasteiger partial charge in [0.25, 0.3) is 0 Å². The molecule has 1 aliphatic carbocycles. The van der Waals surface area contributed by atoms with Crippen molar-refractivity contribution in [2.45, 2.75) is 13.3 Å². The normalized spacial score (nSPS) is 9.64. The van der Waals surface area contributed by atoms with Crippen LogP contribution in [-0.4, -0.2) is 6.61 Å². The first-order valence-corrected chi connectivity index (χ1v) is 2.71. The maximum atomic E-state index is 8.93. The van der Waals surface area contributed by atoms with Crippen LogP contribution in [0, 0.1) is 6.08 Å². The van der Waals surface area contributed by atoms with E-state index < -0.39 is 0 Å². The van der Waals surface area contributed by atoms with E-state index in [4.69, 9.17) is 5.11 Å². The Bertz CT molecular complexity index is 84.4. The fourth-order valence-corrected chi connectivity index (χ4v) is 0.340. The predicted molar refractivity (Wildman–Crippen MR) is 32.1 cm³/mol. The number of allylic oxidation sites excluding steroid dienone is 4. The fourth-order valence-electron chi connectivity index (χ4n) is 0.340.